The molecule has 0 aliphatic rings. The number of anilines is 9. The Balaban J connectivity index is 1.15. The van der Waals surface area contributed by atoms with Crippen molar-refractivity contribution in [1.82, 2.24) is 0 Å². The predicted molar refractivity (Wildman–Crippen MR) is 254 cm³/mol. The Hall–Kier alpha value is -7.40. The molecule has 4 heteroatoms. The lowest BCUT2D eigenvalue weighted by molar-refractivity contribution is 1.28. The summed E-state index contributed by atoms with van der Waals surface area (Å²) in [5.41, 5.74) is 10.1. The highest BCUT2D eigenvalue weighted by molar-refractivity contribution is 7.10. The third-order valence-electron chi connectivity index (χ3n) is 11.2. The van der Waals surface area contributed by atoms with Crippen molar-refractivity contribution in [3.8, 4) is 0 Å². The van der Waals surface area contributed by atoms with Gasteiger partial charge in [0.25, 0.3) is 0 Å². The van der Waals surface area contributed by atoms with Crippen LogP contribution in [0.3, 0.4) is 0 Å². The Bertz CT molecular complexity index is 2250. The summed E-state index contributed by atoms with van der Waals surface area (Å²) < 4.78 is 0. The van der Waals surface area contributed by atoms with Gasteiger partial charge in [-0.2, -0.15) is 0 Å². The zero-order valence-corrected chi connectivity index (χ0v) is 34.1. The van der Waals surface area contributed by atoms with Crippen LogP contribution in [0.5, 0.6) is 0 Å². The molecule has 0 heterocycles. The van der Waals surface area contributed by atoms with E-state index in [0.29, 0.717) is 0 Å². The lowest BCUT2D eigenvalue weighted by atomic mass is 10.2. The summed E-state index contributed by atoms with van der Waals surface area (Å²) in [6.07, 6.45) is 0. The van der Waals surface area contributed by atoms with Crippen LogP contribution in [0.4, 0.5) is 51.2 Å². The summed E-state index contributed by atoms with van der Waals surface area (Å²) >= 11 is 0. The predicted octanol–water partition coefficient (Wildman–Crippen LogP) is 13.2. The van der Waals surface area contributed by atoms with E-state index in [1.807, 2.05) is 0 Å². The second-order valence-electron chi connectivity index (χ2n) is 14.8. The van der Waals surface area contributed by atoms with Crippen molar-refractivity contribution in [2.75, 3.05) is 14.7 Å². The van der Waals surface area contributed by atoms with E-state index in [9.17, 15) is 0 Å². The lowest BCUT2D eigenvalue weighted by Gasteiger charge is -2.32. The topological polar surface area (TPSA) is 9.72 Å². The second-order valence-corrected chi connectivity index (χ2v) is 18.8. The standard InChI is InChI=1S/C55H45N3Si/c1-59(53-38-32-50(33-39-53)56(44-20-8-2-9-21-44)45-22-10-3-11-23-45,54-40-34-51(35-41-54)57(46-24-12-4-13-25-46)47-26-14-5-15-27-47)55-42-36-52(37-43-55)58(48-28-16-6-17-29-48)49-30-18-7-19-31-49/h2-43H,1H3. The van der Waals surface area contributed by atoms with Crippen LogP contribution in [0.25, 0.3) is 0 Å². The molecular formula is C55H45N3Si. The van der Waals surface area contributed by atoms with Crippen LogP contribution in [0.15, 0.2) is 255 Å². The van der Waals surface area contributed by atoms with Gasteiger partial charge in [-0.25, -0.2) is 0 Å². The highest BCUT2D eigenvalue weighted by Crippen LogP contribution is 2.37. The Morgan fingerprint density at radius 1 is 0.203 bits per heavy atom. The van der Waals surface area contributed by atoms with Gasteiger partial charge < -0.3 is 14.7 Å². The summed E-state index contributed by atoms with van der Waals surface area (Å²) in [4.78, 5) is 6.99. The molecule has 0 aromatic heterocycles. The number of hydrogen-bond acceptors (Lipinski definition) is 3. The van der Waals surface area contributed by atoms with Gasteiger partial charge in [0.15, 0.2) is 0 Å². The third-order valence-corrected chi connectivity index (χ3v) is 15.7. The molecule has 0 saturated carbocycles. The maximum absolute atomic E-state index is 2.58. The van der Waals surface area contributed by atoms with Gasteiger partial charge in [0.1, 0.15) is 8.07 Å². The number of para-hydroxylation sites is 6. The molecule has 0 spiro atoms. The van der Waals surface area contributed by atoms with Crippen molar-refractivity contribution in [3.05, 3.63) is 255 Å². The van der Waals surface area contributed by atoms with E-state index in [-0.39, 0.29) is 0 Å². The summed E-state index contributed by atoms with van der Waals surface area (Å²) in [6.45, 7) is 2.50. The zero-order chi connectivity index (χ0) is 39.9. The Morgan fingerprint density at radius 2 is 0.356 bits per heavy atom. The molecule has 0 unspecified atom stereocenters. The smallest absolute Gasteiger partial charge is 0.145 e. The molecule has 59 heavy (non-hydrogen) atoms. The summed E-state index contributed by atoms with van der Waals surface area (Å²) in [5.74, 6) is 0. The molecule has 0 aliphatic heterocycles. The van der Waals surface area contributed by atoms with Crippen LogP contribution in [0.2, 0.25) is 6.55 Å². The van der Waals surface area contributed by atoms with Gasteiger partial charge in [0, 0.05) is 51.2 Å². The van der Waals surface area contributed by atoms with E-state index < -0.39 is 8.07 Å². The number of nitrogens with zero attached hydrogens (tertiary/aromatic N) is 3. The third kappa shape index (κ3) is 7.70. The van der Waals surface area contributed by atoms with Crippen molar-refractivity contribution < 1.29 is 0 Å². The maximum Gasteiger partial charge on any atom is 0.145 e. The van der Waals surface area contributed by atoms with Crippen molar-refractivity contribution in [1.29, 1.82) is 0 Å². The summed E-state index contributed by atoms with van der Waals surface area (Å²) in [7, 11) is -2.58. The molecule has 0 radical (unpaired) electrons. The van der Waals surface area contributed by atoms with Crippen LogP contribution < -0.4 is 30.3 Å². The van der Waals surface area contributed by atoms with Gasteiger partial charge in [0.2, 0.25) is 0 Å². The number of hydrogen-bond donors (Lipinski definition) is 0. The van der Waals surface area contributed by atoms with E-state index in [1.165, 1.54) is 15.6 Å². The van der Waals surface area contributed by atoms with Crippen molar-refractivity contribution in [2.45, 2.75) is 6.55 Å². The Kier molecular flexibility index (Phi) is 10.7. The molecule has 0 atom stereocenters. The van der Waals surface area contributed by atoms with Crippen LogP contribution >= 0.6 is 0 Å². The van der Waals surface area contributed by atoms with Gasteiger partial charge in [-0.05, 0) is 125 Å². The van der Waals surface area contributed by atoms with Gasteiger partial charge in [-0.1, -0.05) is 152 Å². The average molecular weight is 776 g/mol. The molecule has 284 valence electrons. The van der Waals surface area contributed by atoms with Gasteiger partial charge >= 0.3 is 0 Å². The molecule has 0 amide bonds. The first-order valence-electron chi connectivity index (χ1n) is 20.2. The molecule has 9 rings (SSSR count). The minimum Gasteiger partial charge on any atom is -0.311 e. The van der Waals surface area contributed by atoms with E-state index in [0.717, 1.165) is 51.2 Å². The highest BCUT2D eigenvalue weighted by atomic mass is 28.3. The quantitative estimate of drug-likeness (QED) is 0.0904. The zero-order valence-electron chi connectivity index (χ0n) is 33.1. The maximum atomic E-state index is 2.50. The molecule has 0 aliphatic carbocycles. The van der Waals surface area contributed by atoms with Gasteiger partial charge in [-0.3, -0.25) is 0 Å². The molecule has 3 nitrogen and oxygen atoms in total. The molecule has 9 aromatic carbocycles. The molecule has 0 bridgehead atoms. The fourth-order valence-electron chi connectivity index (χ4n) is 8.14. The summed E-state index contributed by atoms with van der Waals surface area (Å²) in [6, 6.07) is 91.7. The van der Waals surface area contributed by atoms with Crippen LogP contribution in [-0.4, -0.2) is 8.07 Å². The normalized spacial score (nSPS) is 11.1. The molecule has 0 saturated heterocycles. The molecular weight excluding hydrogens is 731 g/mol. The monoisotopic (exact) mass is 775 g/mol. The number of benzene rings is 9. The fraction of sp³-hybridized carbons (Fsp3) is 0.0182. The molecule has 0 fully saturated rings. The van der Waals surface area contributed by atoms with Crippen molar-refractivity contribution >= 4 is 74.8 Å². The van der Waals surface area contributed by atoms with Crippen LogP contribution in [-0.2, 0) is 0 Å². The highest BCUT2D eigenvalue weighted by Gasteiger charge is 2.35. The van der Waals surface area contributed by atoms with Gasteiger partial charge in [-0.15, -0.1) is 0 Å². The second kappa shape index (κ2) is 17.0. The number of rotatable bonds is 12. The first kappa shape index (κ1) is 37.2. The first-order chi connectivity index (χ1) is 29.2. The van der Waals surface area contributed by atoms with Crippen molar-refractivity contribution in [3.63, 3.8) is 0 Å². The van der Waals surface area contributed by atoms with Crippen LogP contribution in [0.1, 0.15) is 0 Å². The van der Waals surface area contributed by atoms with E-state index in [1.54, 1.807) is 0 Å². The van der Waals surface area contributed by atoms with E-state index >= 15 is 0 Å². The largest absolute Gasteiger partial charge is 0.311 e. The first-order valence-corrected chi connectivity index (χ1v) is 22.7. The van der Waals surface area contributed by atoms with Gasteiger partial charge in [0.05, 0.1) is 0 Å². The van der Waals surface area contributed by atoms with Crippen LogP contribution in [0, 0.1) is 0 Å². The molecule has 9 aromatic rings. The summed E-state index contributed by atoms with van der Waals surface area (Å²) in [5, 5.41) is 4.02. The Labute approximate surface area is 349 Å². The average Bonchev–Trinajstić information content (AvgIpc) is 3.32. The fourth-order valence-corrected chi connectivity index (χ4v) is 11.6. The van der Waals surface area contributed by atoms with E-state index in [4.69, 9.17) is 0 Å². The molecule has 0 N–H and O–H groups in total. The minimum absolute atomic E-state index is 1.12. The Morgan fingerprint density at radius 3 is 0.525 bits per heavy atom. The lowest BCUT2D eigenvalue weighted by Crippen LogP contribution is -2.64. The van der Waals surface area contributed by atoms with E-state index in [2.05, 4.69) is 276 Å². The van der Waals surface area contributed by atoms with Crippen molar-refractivity contribution in [2.24, 2.45) is 0 Å². The minimum atomic E-state index is -2.58. The SMILES string of the molecule is C[Si](c1ccc(N(c2ccccc2)c2ccccc2)cc1)(c1ccc(N(c2ccccc2)c2ccccc2)cc1)c1ccc(N(c2ccccc2)c2ccccc2)cc1.